The van der Waals surface area contributed by atoms with E-state index in [2.05, 4.69) is 11.8 Å². The predicted octanol–water partition coefficient (Wildman–Crippen LogP) is 2.51. The van der Waals surface area contributed by atoms with Crippen LogP contribution in [0.3, 0.4) is 0 Å². The Morgan fingerprint density at radius 2 is 2.16 bits per heavy atom. The van der Waals surface area contributed by atoms with E-state index in [4.69, 9.17) is 9.84 Å². The molecule has 1 saturated carbocycles. The van der Waals surface area contributed by atoms with Gasteiger partial charge in [0.2, 0.25) is 0 Å². The molecule has 1 saturated heterocycles. The van der Waals surface area contributed by atoms with Crippen LogP contribution >= 0.6 is 0 Å². The minimum absolute atomic E-state index is 0.0286. The molecule has 1 heterocycles. The van der Waals surface area contributed by atoms with Gasteiger partial charge in [-0.25, -0.2) is 0 Å². The highest BCUT2D eigenvalue weighted by Crippen LogP contribution is 2.45. The van der Waals surface area contributed by atoms with E-state index in [0.717, 1.165) is 19.3 Å². The van der Waals surface area contributed by atoms with Gasteiger partial charge in [-0.05, 0) is 38.5 Å². The summed E-state index contributed by atoms with van der Waals surface area (Å²) < 4.78 is 6.06. The van der Waals surface area contributed by atoms with Gasteiger partial charge in [0.05, 0.1) is 24.4 Å². The van der Waals surface area contributed by atoms with Crippen molar-refractivity contribution in [1.29, 1.82) is 0 Å². The van der Waals surface area contributed by atoms with E-state index in [9.17, 15) is 15.0 Å². The quantitative estimate of drug-likeness (QED) is 0.338. The maximum atomic E-state index is 10.5. The lowest BCUT2D eigenvalue weighted by Gasteiger charge is -2.18. The van der Waals surface area contributed by atoms with Gasteiger partial charge in [-0.3, -0.25) is 4.79 Å². The summed E-state index contributed by atoms with van der Waals surface area (Å²) in [4.78, 5) is 10.5. The zero-order valence-corrected chi connectivity index (χ0v) is 14.9. The fourth-order valence-corrected chi connectivity index (χ4v) is 3.98. The van der Waals surface area contributed by atoms with Crippen LogP contribution in [0.2, 0.25) is 0 Å². The summed E-state index contributed by atoms with van der Waals surface area (Å²) in [6.07, 6.45) is 8.50. The molecule has 3 N–H and O–H groups in total. The van der Waals surface area contributed by atoms with Crippen LogP contribution in [-0.4, -0.2) is 45.7 Å². The molecule has 0 bridgehead atoms. The molecule has 1 aliphatic heterocycles. The molecule has 5 heteroatoms. The third-order valence-corrected chi connectivity index (χ3v) is 5.26. The molecular formula is C20H30O5. The summed E-state index contributed by atoms with van der Waals surface area (Å²) in [6.45, 7) is 1.79. The van der Waals surface area contributed by atoms with Crippen molar-refractivity contribution < 1.29 is 24.9 Å². The third kappa shape index (κ3) is 6.14. The van der Waals surface area contributed by atoms with E-state index in [-0.39, 0.29) is 24.5 Å². The Bertz CT molecular complexity index is 518. The number of rotatable bonds is 9. The van der Waals surface area contributed by atoms with Crippen LogP contribution in [0.5, 0.6) is 0 Å². The van der Waals surface area contributed by atoms with Gasteiger partial charge in [0.1, 0.15) is 0 Å². The van der Waals surface area contributed by atoms with E-state index in [1.54, 1.807) is 13.0 Å². The monoisotopic (exact) mass is 350 g/mol. The molecule has 2 rings (SSSR count). The molecule has 0 aromatic rings. The third-order valence-electron chi connectivity index (χ3n) is 5.26. The Hall–Kier alpha value is -1.35. The SMILES string of the molecule is CC#CCC[C@H](O)C=C[C@@H]1[C@H]2C[C@@H](CCCCC(=O)O)O[C@H]2C[C@H]1O. The van der Waals surface area contributed by atoms with Crippen LogP contribution in [0.1, 0.15) is 58.3 Å². The molecule has 0 aromatic carbocycles. The molecule has 1 aliphatic carbocycles. The Balaban J connectivity index is 1.78. The molecule has 140 valence electrons. The van der Waals surface area contributed by atoms with Gasteiger partial charge in [-0.2, -0.15) is 0 Å². The summed E-state index contributed by atoms with van der Waals surface area (Å²) in [5, 5.41) is 28.9. The van der Waals surface area contributed by atoms with Crippen molar-refractivity contribution in [3.05, 3.63) is 12.2 Å². The highest BCUT2D eigenvalue weighted by molar-refractivity contribution is 5.66. The first kappa shape index (κ1) is 20.0. The molecule has 5 nitrogen and oxygen atoms in total. The fraction of sp³-hybridized carbons (Fsp3) is 0.750. The lowest BCUT2D eigenvalue weighted by atomic mass is 9.89. The number of aliphatic hydroxyl groups is 2. The minimum atomic E-state index is -0.749. The molecule has 25 heavy (non-hydrogen) atoms. The Morgan fingerprint density at radius 3 is 2.88 bits per heavy atom. The highest BCUT2D eigenvalue weighted by Gasteiger charge is 2.47. The Morgan fingerprint density at radius 1 is 1.36 bits per heavy atom. The van der Waals surface area contributed by atoms with Crippen molar-refractivity contribution in [2.75, 3.05) is 0 Å². The van der Waals surface area contributed by atoms with Crippen LogP contribution in [0.4, 0.5) is 0 Å². The van der Waals surface area contributed by atoms with E-state index in [1.165, 1.54) is 0 Å². The number of fused-ring (bicyclic) bond motifs is 1. The summed E-state index contributed by atoms with van der Waals surface area (Å²) >= 11 is 0. The van der Waals surface area contributed by atoms with Gasteiger partial charge >= 0.3 is 5.97 Å². The average molecular weight is 350 g/mol. The van der Waals surface area contributed by atoms with Crippen LogP contribution < -0.4 is 0 Å². The second-order valence-corrected chi connectivity index (χ2v) is 7.13. The first-order valence-corrected chi connectivity index (χ1v) is 9.32. The smallest absolute Gasteiger partial charge is 0.303 e. The van der Waals surface area contributed by atoms with Gasteiger partial charge in [0, 0.05) is 25.2 Å². The highest BCUT2D eigenvalue weighted by atomic mass is 16.5. The maximum Gasteiger partial charge on any atom is 0.303 e. The van der Waals surface area contributed by atoms with Gasteiger partial charge in [-0.15, -0.1) is 11.8 Å². The summed E-state index contributed by atoms with van der Waals surface area (Å²) in [5.41, 5.74) is 0. The zero-order valence-electron chi connectivity index (χ0n) is 14.9. The van der Waals surface area contributed by atoms with E-state index in [1.807, 2.05) is 6.08 Å². The van der Waals surface area contributed by atoms with Gasteiger partial charge < -0.3 is 20.1 Å². The molecule has 0 spiro atoms. The second-order valence-electron chi connectivity index (χ2n) is 7.13. The Labute approximate surface area is 150 Å². The molecule has 0 unspecified atom stereocenters. The average Bonchev–Trinajstić information content (AvgIpc) is 3.06. The number of carbonyl (C=O) groups is 1. The predicted molar refractivity (Wildman–Crippen MR) is 94.8 cm³/mol. The van der Waals surface area contributed by atoms with E-state index < -0.39 is 18.2 Å². The lowest BCUT2D eigenvalue weighted by Crippen LogP contribution is -2.19. The number of carboxylic acids is 1. The lowest BCUT2D eigenvalue weighted by molar-refractivity contribution is -0.137. The van der Waals surface area contributed by atoms with Crippen molar-refractivity contribution >= 4 is 5.97 Å². The topological polar surface area (TPSA) is 87.0 Å². The van der Waals surface area contributed by atoms with Gasteiger partial charge in [0.25, 0.3) is 0 Å². The number of carboxylic acid groups (broad SMARTS) is 1. The first-order chi connectivity index (χ1) is 12.0. The molecule has 2 aliphatic rings. The number of hydrogen-bond donors (Lipinski definition) is 3. The maximum absolute atomic E-state index is 10.5. The number of ether oxygens (including phenoxy) is 1. The number of aliphatic hydroxyl groups excluding tert-OH is 2. The van der Waals surface area contributed by atoms with Crippen LogP contribution in [-0.2, 0) is 9.53 Å². The van der Waals surface area contributed by atoms with Crippen LogP contribution in [0, 0.1) is 23.7 Å². The molecule has 6 atom stereocenters. The zero-order chi connectivity index (χ0) is 18.2. The number of unbranched alkanes of at least 4 members (excludes halogenated alkanes) is 1. The second kappa shape index (κ2) is 9.96. The summed E-state index contributed by atoms with van der Waals surface area (Å²) in [7, 11) is 0. The van der Waals surface area contributed by atoms with Gasteiger partial charge in [-0.1, -0.05) is 18.6 Å². The first-order valence-electron chi connectivity index (χ1n) is 9.32. The van der Waals surface area contributed by atoms with E-state index in [0.29, 0.717) is 31.6 Å². The molecule has 0 radical (unpaired) electrons. The number of aliphatic carboxylic acids is 1. The summed E-state index contributed by atoms with van der Waals surface area (Å²) in [5.74, 6) is 5.32. The van der Waals surface area contributed by atoms with Crippen LogP contribution in [0.15, 0.2) is 12.2 Å². The molecule has 2 fully saturated rings. The normalized spacial score (nSPS) is 32.4. The van der Waals surface area contributed by atoms with Crippen molar-refractivity contribution in [2.45, 2.75) is 82.7 Å². The van der Waals surface area contributed by atoms with Crippen molar-refractivity contribution in [1.82, 2.24) is 0 Å². The van der Waals surface area contributed by atoms with Gasteiger partial charge in [0.15, 0.2) is 0 Å². The molecule has 0 aromatic heterocycles. The van der Waals surface area contributed by atoms with Crippen molar-refractivity contribution in [2.24, 2.45) is 11.8 Å². The molecular weight excluding hydrogens is 320 g/mol. The fourth-order valence-electron chi connectivity index (χ4n) is 3.98. The van der Waals surface area contributed by atoms with E-state index >= 15 is 0 Å². The summed E-state index contributed by atoms with van der Waals surface area (Å²) in [6, 6.07) is 0. The Kier molecular flexibility index (Phi) is 7.95. The number of hydrogen-bond acceptors (Lipinski definition) is 4. The molecule has 0 amide bonds. The van der Waals surface area contributed by atoms with Crippen LogP contribution in [0.25, 0.3) is 0 Å². The van der Waals surface area contributed by atoms with Crippen molar-refractivity contribution in [3.63, 3.8) is 0 Å². The standard InChI is InChI=1S/C20H30O5/c1-2-3-4-7-14(21)10-11-16-17-12-15(8-5-6-9-20(23)24)25-19(17)13-18(16)22/h10-11,14-19,21-22H,4-9,12-13H2,1H3,(H,23,24)/t14-,15+,16+,17+,18+,19-/m0/s1. The van der Waals surface area contributed by atoms with Crippen molar-refractivity contribution in [3.8, 4) is 11.8 Å². The minimum Gasteiger partial charge on any atom is -0.481 e. The largest absolute Gasteiger partial charge is 0.481 e.